The Balaban J connectivity index is 1.08. The van der Waals surface area contributed by atoms with Gasteiger partial charge in [-0.1, -0.05) is 16.8 Å². The number of halogens is 2. The minimum absolute atomic E-state index is 0.155. The lowest BCUT2D eigenvalue weighted by Crippen LogP contribution is -2.59. The Morgan fingerprint density at radius 3 is 2.76 bits per heavy atom. The SMILES string of the molecule is [C-]#[N+]c1c(N2CCCn3nc(-c4nc(C)no4)c(Cl)c3C2)nc(OC[C@@]23CCCN2C[C@H](F)C3)nc1N1CC2(CCc3sc(N)c(C#N)c32)C1. The number of anilines is 3. The summed E-state index contributed by atoms with van der Waals surface area (Å²) >= 11 is 8.43. The van der Waals surface area contributed by atoms with Gasteiger partial charge in [-0.15, -0.1) is 11.3 Å². The largest absolute Gasteiger partial charge is 0.461 e. The first kappa shape index (κ1) is 31.5. The summed E-state index contributed by atoms with van der Waals surface area (Å²) in [5.74, 6) is 1.67. The molecule has 14 nitrogen and oxygen atoms in total. The van der Waals surface area contributed by atoms with Gasteiger partial charge in [-0.05, 0) is 51.1 Å². The molecular formula is C33H34ClFN12O2S. The molecule has 3 saturated heterocycles. The van der Waals surface area contributed by atoms with E-state index >= 15 is 0 Å². The summed E-state index contributed by atoms with van der Waals surface area (Å²) in [6.07, 6.45) is 3.88. The van der Waals surface area contributed by atoms with Crippen LogP contribution in [0.5, 0.6) is 6.01 Å². The quantitative estimate of drug-likeness (QED) is 0.272. The number of nitrogens with two attached hydrogens (primary N) is 1. The highest BCUT2D eigenvalue weighted by Gasteiger charge is 2.53. The Labute approximate surface area is 296 Å². The van der Waals surface area contributed by atoms with Crippen molar-refractivity contribution in [1.82, 2.24) is 34.8 Å². The van der Waals surface area contributed by atoms with Crippen molar-refractivity contribution in [3.8, 4) is 23.7 Å². The Kier molecular flexibility index (Phi) is 7.25. The van der Waals surface area contributed by atoms with Crippen molar-refractivity contribution in [2.75, 3.05) is 54.9 Å². The second-order valence-corrected chi connectivity index (χ2v) is 15.6. The van der Waals surface area contributed by atoms with Gasteiger partial charge in [-0.3, -0.25) is 9.58 Å². The number of fused-ring (bicyclic) bond motifs is 4. The van der Waals surface area contributed by atoms with Crippen molar-refractivity contribution in [2.45, 2.75) is 75.7 Å². The predicted octanol–water partition coefficient (Wildman–Crippen LogP) is 4.82. The molecule has 0 aromatic carbocycles. The van der Waals surface area contributed by atoms with Crippen LogP contribution in [0.2, 0.25) is 5.02 Å². The molecule has 5 aliphatic rings. The van der Waals surface area contributed by atoms with Gasteiger partial charge in [0.25, 0.3) is 11.6 Å². The maximum absolute atomic E-state index is 14.6. The summed E-state index contributed by atoms with van der Waals surface area (Å²) in [6.45, 7) is 14.3. The fourth-order valence-corrected chi connectivity index (χ4v) is 10.2. The lowest BCUT2D eigenvalue weighted by atomic mass is 9.74. The van der Waals surface area contributed by atoms with E-state index in [1.807, 2.05) is 9.58 Å². The maximum atomic E-state index is 14.6. The van der Waals surface area contributed by atoms with Gasteiger partial charge in [-0.2, -0.15) is 25.3 Å². The minimum Gasteiger partial charge on any atom is -0.461 e. The summed E-state index contributed by atoms with van der Waals surface area (Å²) < 4.78 is 28.3. The molecule has 2 atom stereocenters. The first-order valence-corrected chi connectivity index (χ1v) is 18.1. The molecule has 0 radical (unpaired) electrons. The van der Waals surface area contributed by atoms with Crippen LogP contribution in [-0.4, -0.2) is 85.8 Å². The van der Waals surface area contributed by atoms with Gasteiger partial charge in [0, 0.05) is 49.4 Å². The van der Waals surface area contributed by atoms with Crippen molar-refractivity contribution in [3.05, 3.63) is 44.0 Å². The Morgan fingerprint density at radius 1 is 1.18 bits per heavy atom. The maximum Gasteiger partial charge on any atom is 0.317 e. The van der Waals surface area contributed by atoms with Gasteiger partial charge in [0.05, 0.1) is 34.9 Å². The summed E-state index contributed by atoms with van der Waals surface area (Å²) in [4.78, 5) is 25.6. The highest BCUT2D eigenvalue weighted by atomic mass is 35.5. The molecule has 17 heteroatoms. The number of nitriles is 1. The van der Waals surface area contributed by atoms with E-state index in [1.54, 1.807) is 6.92 Å². The molecule has 3 fully saturated rings. The van der Waals surface area contributed by atoms with E-state index in [9.17, 15) is 9.65 Å². The number of nitrogen functional groups attached to an aromatic ring is 1. The number of alkyl halides is 1. The zero-order chi connectivity index (χ0) is 34.4. The van der Waals surface area contributed by atoms with E-state index < -0.39 is 6.17 Å². The number of thiophene rings is 1. The second-order valence-electron chi connectivity index (χ2n) is 14.1. The fraction of sp³-hybridized carbons (Fsp3) is 0.545. The van der Waals surface area contributed by atoms with E-state index in [4.69, 9.17) is 48.2 Å². The van der Waals surface area contributed by atoms with E-state index in [2.05, 4.69) is 30.9 Å². The first-order valence-electron chi connectivity index (χ1n) is 16.9. The third-order valence-corrected chi connectivity index (χ3v) is 12.6. The van der Waals surface area contributed by atoms with Crippen molar-refractivity contribution in [1.29, 1.82) is 5.26 Å². The predicted molar refractivity (Wildman–Crippen MR) is 183 cm³/mol. The van der Waals surface area contributed by atoms with Gasteiger partial charge >= 0.3 is 6.01 Å². The highest BCUT2D eigenvalue weighted by molar-refractivity contribution is 7.16. The van der Waals surface area contributed by atoms with Crippen molar-refractivity contribution in [3.63, 3.8) is 0 Å². The Hall–Kier alpha value is -4.51. The summed E-state index contributed by atoms with van der Waals surface area (Å²) in [7, 11) is 0. The van der Waals surface area contributed by atoms with E-state index in [0.717, 1.165) is 43.5 Å². The number of aryl methyl sites for hydroxylation is 3. The molecule has 1 aliphatic carbocycles. The topological polar surface area (TPSA) is 156 Å². The monoisotopic (exact) mass is 716 g/mol. The van der Waals surface area contributed by atoms with Crippen LogP contribution >= 0.6 is 22.9 Å². The first-order chi connectivity index (χ1) is 24.2. The molecule has 50 heavy (non-hydrogen) atoms. The molecule has 8 heterocycles. The summed E-state index contributed by atoms with van der Waals surface area (Å²) in [5.41, 5.74) is 8.74. The van der Waals surface area contributed by atoms with Gasteiger partial charge in [0.15, 0.2) is 11.5 Å². The average molecular weight is 717 g/mol. The van der Waals surface area contributed by atoms with E-state index in [0.29, 0.717) is 96.5 Å². The number of hydrogen-bond donors (Lipinski definition) is 1. The van der Waals surface area contributed by atoms with Crippen molar-refractivity contribution < 1.29 is 13.7 Å². The van der Waals surface area contributed by atoms with Crippen LogP contribution in [0.1, 0.15) is 59.6 Å². The molecular weight excluding hydrogens is 683 g/mol. The standard InChI is InChI=1S/C33H34ClFN12O2S/c1-18-39-30(49-43-18)25-24(34)21-14-44(8-4-10-47(21)42-25)28-26(38-2)29(41-31(40-28)48-17-33-6-3-9-46(33)13-19(35)11-33)45-15-32(16-45)7-5-22-23(32)20(12-36)27(37)50-22/h19H,3-11,13-17,37H2,1H3/t19-,33+/m1/s1. The molecule has 9 rings (SSSR count). The van der Waals surface area contributed by atoms with Crippen LogP contribution in [0.4, 0.5) is 26.7 Å². The van der Waals surface area contributed by atoms with E-state index in [-0.39, 0.29) is 29.5 Å². The van der Waals surface area contributed by atoms with Crippen molar-refractivity contribution >= 4 is 45.3 Å². The average Bonchev–Trinajstić information content (AvgIpc) is 3.90. The van der Waals surface area contributed by atoms with Crippen LogP contribution in [0.25, 0.3) is 16.4 Å². The Bertz CT molecular complexity index is 2110. The number of aromatic nitrogens is 6. The zero-order valence-corrected chi connectivity index (χ0v) is 29.0. The molecule has 4 aliphatic heterocycles. The van der Waals surface area contributed by atoms with Crippen LogP contribution in [-0.2, 0) is 24.9 Å². The number of hydrogen-bond acceptors (Lipinski definition) is 13. The smallest absolute Gasteiger partial charge is 0.317 e. The minimum atomic E-state index is -0.888. The van der Waals surface area contributed by atoms with Gasteiger partial charge < -0.3 is 24.8 Å². The van der Waals surface area contributed by atoms with Crippen molar-refractivity contribution in [2.24, 2.45) is 0 Å². The molecule has 1 spiro atoms. The highest BCUT2D eigenvalue weighted by Crippen LogP contribution is 2.54. The molecule has 4 aromatic heterocycles. The fourth-order valence-electron chi connectivity index (χ4n) is 8.83. The van der Waals surface area contributed by atoms with Crippen LogP contribution in [0, 0.1) is 24.8 Å². The van der Waals surface area contributed by atoms with Gasteiger partial charge in [0.2, 0.25) is 0 Å². The Morgan fingerprint density at radius 2 is 2.00 bits per heavy atom. The lowest BCUT2D eigenvalue weighted by molar-refractivity contribution is 0.107. The molecule has 0 unspecified atom stereocenters. The van der Waals surface area contributed by atoms with Crippen LogP contribution in [0.15, 0.2) is 4.52 Å². The van der Waals surface area contributed by atoms with Gasteiger partial charge in [0.1, 0.15) is 35.5 Å². The summed E-state index contributed by atoms with van der Waals surface area (Å²) in [5, 5.41) is 19.5. The third kappa shape index (κ3) is 4.76. The number of nitrogens with zero attached hydrogens (tertiary/aromatic N) is 11. The van der Waals surface area contributed by atoms with E-state index in [1.165, 1.54) is 16.2 Å². The molecule has 0 bridgehead atoms. The second kappa shape index (κ2) is 11.5. The molecule has 258 valence electrons. The molecule has 2 N–H and O–H groups in total. The number of rotatable bonds is 6. The third-order valence-electron chi connectivity index (χ3n) is 11.1. The zero-order valence-electron chi connectivity index (χ0n) is 27.5. The molecule has 0 saturated carbocycles. The number of ether oxygens (including phenoxy) is 1. The van der Waals surface area contributed by atoms with Crippen LogP contribution < -0.4 is 20.3 Å². The molecule has 4 aromatic rings. The van der Waals surface area contributed by atoms with Gasteiger partial charge in [-0.25, -0.2) is 9.24 Å². The van der Waals surface area contributed by atoms with Crippen LogP contribution in [0.3, 0.4) is 0 Å². The molecule has 0 amide bonds. The summed E-state index contributed by atoms with van der Waals surface area (Å²) in [6, 6.07) is 2.49. The normalized spacial score (nSPS) is 23.7. The lowest BCUT2D eigenvalue weighted by Gasteiger charge is -2.50.